The first-order chi connectivity index (χ1) is 13.2. The standard InChI is InChI=1S/C20H17FN4O2/c1-27-18-10-13(5-6-15(18)21)20(26)25-9-7-16-14(12-25)11-23-19(24-16)17-4-2-3-8-22-17/h2-6,8,10-11H,7,9,12H2,1H3. The van der Waals surface area contributed by atoms with Crippen molar-refractivity contribution in [1.29, 1.82) is 0 Å². The van der Waals surface area contributed by atoms with E-state index >= 15 is 0 Å². The zero-order valence-corrected chi connectivity index (χ0v) is 14.7. The maximum Gasteiger partial charge on any atom is 0.254 e. The number of rotatable bonds is 3. The van der Waals surface area contributed by atoms with E-state index in [0.717, 1.165) is 17.0 Å². The zero-order chi connectivity index (χ0) is 18.8. The molecule has 0 saturated carbocycles. The Morgan fingerprint density at radius 2 is 2.11 bits per heavy atom. The Balaban J connectivity index is 1.56. The molecule has 4 rings (SSSR count). The molecule has 2 aromatic heterocycles. The van der Waals surface area contributed by atoms with E-state index in [-0.39, 0.29) is 11.7 Å². The third-order valence-electron chi connectivity index (χ3n) is 4.51. The first-order valence-electron chi connectivity index (χ1n) is 8.54. The highest BCUT2D eigenvalue weighted by molar-refractivity contribution is 5.94. The van der Waals surface area contributed by atoms with Crippen LogP contribution >= 0.6 is 0 Å². The SMILES string of the molecule is COc1cc(C(=O)N2CCc3nc(-c4ccccn4)ncc3C2)ccc1F. The largest absolute Gasteiger partial charge is 0.494 e. The average Bonchev–Trinajstić information content (AvgIpc) is 2.73. The van der Waals surface area contributed by atoms with Gasteiger partial charge < -0.3 is 9.64 Å². The van der Waals surface area contributed by atoms with Gasteiger partial charge in [-0.2, -0.15) is 0 Å². The van der Waals surface area contributed by atoms with Crippen LogP contribution in [0.1, 0.15) is 21.6 Å². The van der Waals surface area contributed by atoms with Crippen LogP contribution in [0.2, 0.25) is 0 Å². The quantitative estimate of drug-likeness (QED) is 0.715. The fourth-order valence-corrected chi connectivity index (χ4v) is 3.08. The van der Waals surface area contributed by atoms with Crippen LogP contribution in [-0.2, 0) is 13.0 Å². The molecule has 1 aromatic carbocycles. The van der Waals surface area contributed by atoms with Gasteiger partial charge >= 0.3 is 0 Å². The Kier molecular flexibility index (Phi) is 4.50. The van der Waals surface area contributed by atoms with E-state index in [1.165, 1.54) is 25.3 Å². The van der Waals surface area contributed by atoms with Gasteiger partial charge in [0.2, 0.25) is 0 Å². The summed E-state index contributed by atoms with van der Waals surface area (Å²) in [6.45, 7) is 0.945. The fraction of sp³-hybridized carbons (Fsp3) is 0.200. The highest BCUT2D eigenvalue weighted by Crippen LogP contribution is 2.23. The van der Waals surface area contributed by atoms with Gasteiger partial charge in [0.15, 0.2) is 17.4 Å². The first-order valence-corrected chi connectivity index (χ1v) is 8.54. The minimum atomic E-state index is -0.492. The molecule has 6 nitrogen and oxygen atoms in total. The predicted molar refractivity (Wildman–Crippen MR) is 96.7 cm³/mol. The third-order valence-corrected chi connectivity index (χ3v) is 4.51. The molecule has 0 fully saturated rings. The number of halogens is 1. The molecule has 27 heavy (non-hydrogen) atoms. The van der Waals surface area contributed by atoms with E-state index in [1.807, 2.05) is 18.2 Å². The molecule has 0 bridgehead atoms. The summed E-state index contributed by atoms with van der Waals surface area (Å²) in [5, 5.41) is 0. The minimum absolute atomic E-state index is 0.0570. The van der Waals surface area contributed by atoms with E-state index in [4.69, 9.17) is 4.74 Å². The van der Waals surface area contributed by atoms with E-state index in [2.05, 4.69) is 15.0 Å². The second kappa shape index (κ2) is 7.11. The number of methoxy groups -OCH3 is 1. The van der Waals surface area contributed by atoms with Gasteiger partial charge in [-0.3, -0.25) is 9.78 Å². The van der Waals surface area contributed by atoms with Crippen LogP contribution in [0.5, 0.6) is 5.75 Å². The fourth-order valence-electron chi connectivity index (χ4n) is 3.08. The third kappa shape index (κ3) is 3.36. The molecule has 0 aliphatic carbocycles. The van der Waals surface area contributed by atoms with Gasteiger partial charge in [-0.25, -0.2) is 14.4 Å². The van der Waals surface area contributed by atoms with E-state index in [9.17, 15) is 9.18 Å². The summed E-state index contributed by atoms with van der Waals surface area (Å²) in [5.74, 6) is -0.0276. The molecule has 7 heteroatoms. The zero-order valence-electron chi connectivity index (χ0n) is 14.7. The van der Waals surface area contributed by atoms with Crippen LogP contribution in [0.15, 0.2) is 48.8 Å². The van der Waals surface area contributed by atoms with E-state index in [0.29, 0.717) is 30.9 Å². The molecule has 1 aliphatic heterocycles. The second-order valence-electron chi connectivity index (χ2n) is 6.21. The molecule has 0 saturated heterocycles. The van der Waals surface area contributed by atoms with Gasteiger partial charge in [-0.05, 0) is 30.3 Å². The Bertz CT molecular complexity index is 995. The number of nitrogens with zero attached hydrogens (tertiary/aromatic N) is 4. The lowest BCUT2D eigenvalue weighted by Gasteiger charge is -2.28. The Morgan fingerprint density at radius 3 is 2.89 bits per heavy atom. The van der Waals surface area contributed by atoms with Gasteiger partial charge in [0.1, 0.15) is 5.69 Å². The highest BCUT2D eigenvalue weighted by Gasteiger charge is 2.24. The summed E-state index contributed by atoms with van der Waals surface area (Å²) in [5.41, 5.74) is 2.94. The lowest BCUT2D eigenvalue weighted by atomic mass is 10.1. The van der Waals surface area contributed by atoms with Crippen molar-refractivity contribution >= 4 is 5.91 Å². The topological polar surface area (TPSA) is 68.2 Å². The number of carbonyl (C=O) groups is 1. The molecule has 1 aliphatic rings. The number of carbonyl (C=O) groups excluding carboxylic acids is 1. The van der Waals surface area contributed by atoms with Crippen LogP contribution in [0.25, 0.3) is 11.5 Å². The highest BCUT2D eigenvalue weighted by atomic mass is 19.1. The molecular formula is C20H17FN4O2. The maximum atomic E-state index is 13.6. The molecule has 1 amide bonds. The second-order valence-corrected chi connectivity index (χ2v) is 6.21. The van der Waals surface area contributed by atoms with Crippen molar-refractivity contribution in [2.75, 3.05) is 13.7 Å². The summed E-state index contributed by atoms with van der Waals surface area (Å²) in [4.78, 5) is 27.7. The summed E-state index contributed by atoms with van der Waals surface area (Å²) >= 11 is 0. The molecule has 0 N–H and O–H groups in total. The van der Waals surface area contributed by atoms with E-state index < -0.39 is 5.82 Å². The first kappa shape index (κ1) is 17.1. The van der Waals surface area contributed by atoms with Crippen LogP contribution in [-0.4, -0.2) is 39.4 Å². The Morgan fingerprint density at radius 1 is 1.22 bits per heavy atom. The molecule has 136 valence electrons. The number of ether oxygens (including phenoxy) is 1. The average molecular weight is 364 g/mol. The molecule has 0 atom stereocenters. The number of benzene rings is 1. The van der Waals surface area contributed by atoms with Crippen LogP contribution in [0.3, 0.4) is 0 Å². The van der Waals surface area contributed by atoms with Crippen molar-refractivity contribution in [2.24, 2.45) is 0 Å². The summed E-state index contributed by atoms with van der Waals surface area (Å²) in [7, 11) is 1.38. The van der Waals surface area contributed by atoms with Gasteiger partial charge in [0.05, 0.1) is 12.8 Å². The van der Waals surface area contributed by atoms with Gasteiger partial charge in [-0.1, -0.05) is 6.07 Å². The van der Waals surface area contributed by atoms with Gasteiger partial charge in [-0.15, -0.1) is 0 Å². The van der Waals surface area contributed by atoms with Crippen LogP contribution < -0.4 is 4.74 Å². The van der Waals surface area contributed by atoms with Crippen molar-refractivity contribution in [3.05, 3.63) is 71.4 Å². The summed E-state index contributed by atoms with van der Waals surface area (Å²) in [6, 6.07) is 9.73. The van der Waals surface area contributed by atoms with Crippen molar-refractivity contribution in [3.8, 4) is 17.3 Å². The number of pyridine rings is 1. The van der Waals surface area contributed by atoms with E-state index in [1.54, 1.807) is 17.3 Å². The smallest absolute Gasteiger partial charge is 0.254 e. The molecule has 0 radical (unpaired) electrons. The van der Waals surface area contributed by atoms with Crippen molar-refractivity contribution in [3.63, 3.8) is 0 Å². The molecular weight excluding hydrogens is 347 g/mol. The number of amides is 1. The summed E-state index contributed by atoms with van der Waals surface area (Å²) < 4.78 is 18.5. The molecule has 0 spiro atoms. The Labute approximate surface area is 155 Å². The molecule has 0 unspecified atom stereocenters. The number of fused-ring (bicyclic) bond motifs is 1. The Hall–Kier alpha value is -3.35. The number of aromatic nitrogens is 3. The number of hydrogen-bond acceptors (Lipinski definition) is 5. The number of hydrogen-bond donors (Lipinski definition) is 0. The van der Waals surface area contributed by atoms with Crippen molar-refractivity contribution in [2.45, 2.75) is 13.0 Å². The monoisotopic (exact) mass is 364 g/mol. The van der Waals surface area contributed by atoms with Crippen LogP contribution in [0.4, 0.5) is 4.39 Å². The summed E-state index contributed by atoms with van der Waals surface area (Å²) in [6.07, 6.45) is 4.08. The lowest BCUT2D eigenvalue weighted by Crippen LogP contribution is -2.36. The lowest BCUT2D eigenvalue weighted by molar-refractivity contribution is 0.0733. The molecule has 3 heterocycles. The van der Waals surface area contributed by atoms with Crippen molar-refractivity contribution in [1.82, 2.24) is 19.9 Å². The van der Waals surface area contributed by atoms with Crippen LogP contribution in [0, 0.1) is 5.82 Å². The van der Waals surface area contributed by atoms with Gasteiger partial charge in [0, 0.05) is 43.0 Å². The van der Waals surface area contributed by atoms with Crippen molar-refractivity contribution < 1.29 is 13.9 Å². The normalized spacial score (nSPS) is 13.2. The predicted octanol–water partition coefficient (Wildman–Crippen LogP) is 2.88. The maximum absolute atomic E-state index is 13.6. The molecule has 3 aromatic rings. The van der Waals surface area contributed by atoms with Gasteiger partial charge in [0.25, 0.3) is 5.91 Å². The minimum Gasteiger partial charge on any atom is -0.494 e.